The molecule has 0 aliphatic heterocycles. The Labute approximate surface area is 124 Å². The molecule has 1 aliphatic carbocycles. The van der Waals surface area contributed by atoms with Gasteiger partial charge in [0.25, 0.3) is 0 Å². The minimum absolute atomic E-state index is 0.810. The molecule has 1 fully saturated rings. The van der Waals surface area contributed by atoms with E-state index in [-0.39, 0.29) is 0 Å². The van der Waals surface area contributed by atoms with Gasteiger partial charge in [0.1, 0.15) is 0 Å². The molecular formula is C17H31N3. The Balaban J connectivity index is 1.83. The normalized spacial score (nSPS) is 19.6. The fraction of sp³-hybridized carbons (Fsp3) is 0.882. The predicted molar refractivity (Wildman–Crippen MR) is 83.7 cm³/mol. The molecule has 0 N–H and O–H groups in total. The topological polar surface area (TPSA) is 30.7 Å². The molecule has 0 amide bonds. The third-order valence-corrected chi connectivity index (χ3v) is 4.51. The first kappa shape index (κ1) is 15.5. The number of hydrogen-bond acceptors (Lipinski definition) is 2. The molecule has 1 heterocycles. The van der Waals surface area contributed by atoms with E-state index in [1.54, 1.807) is 0 Å². The van der Waals surface area contributed by atoms with Crippen LogP contribution in [0.1, 0.15) is 83.2 Å². The lowest BCUT2D eigenvalue weighted by molar-refractivity contribution is 0.345. The molecule has 2 rings (SSSR count). The molecule has 0 spiro atoms. The Hall–Kier alpha value is -0.860. The molecule has 3 heteroatoms. The lowest BCUT2D eigenvalue weighted by atomic mass is 9.95. The van der Waals surface area contributed by atoms with Gasteiger partial charge in [0.15, 0.2) is 0 Å². The van der Waals surface area contributed by atoms with Gasteiger partial charge in [-0.05, 0) is 25.2 Å². The summed E-state index contributed by atoms with van der Waals surface area (Å²) in [7, 11) is 0. The van der Waals surface area contributed by atoms with Crippen LogP contribution in [0.25, 0.3) is 0 Å². The molecule has 1 aromatic rings. The van der Waals surface area contributed by atoms with Crippen molar-refractivity contribution >= 4 is 0 Å². The summed E-state index contributed by atoms with van der Waals surface area (Å²) in [5, 5.41) is 8.58. The number of aromatic nitrogens is 3. The maximum atomic E-state index is 4.31. The van der Waals surface area contributed by atoms with E-state index in [1.165, 1.54) is 64.2 Å². The monoisotopic (exact) mass is 277 g/mol. The summed E-state index contributed by atoms with van der Waals surface area (Å²) in [6.07, 6.45) is 18.6. The average molecular weight is 277 g/mol. The summed E-state index contributed by atoms with van der Waals surface area (Å²) >= 11 is 0. The minimum atomic E-state index is 0.810. The van der Waals surface area contributed by atoms with Gasteiger partial charge in [0, 0.05) is 12.7 Å². The van der Waals surface area contributed by atoms with Crippen molar-refractivity contribution in [3.05, 3.63) is 11.9 Å². The maximum absolute atomic E-state index is 4.31. The zero-order valence-electron chi connectivity index (χ0n) is 13.2. The quantitative estimate of drug-likeness (QED) is 0.794. The largest absolute Gasteiger partial charge is 0.252 e. The highest BCUT2D eigenvalue weighted by Crippen LogP contribution is 2.22. The SMILES string of the molecule is CCCc1cn(CC2CCCCCCCCCC2)nn1. The summed E-state index contributed by atoms with van der Waals surface area (Å²) in [6, 6.07) is 0. The van der Waals surface area contributed by atoms with Gasteiger partial charge in [0.05, 0.1) is 5.69 Å². The number of nitrogens with zero attached hydrogens (tertiary/aromatic N) is 3. The van der Waals surface area contributed by atoms with Crippen LogP contribution in [0, 0.1) is 5.92 Å². The van der Waals surface area contributed by atoms with Gasteiger partial charge in [-0.15, -0.1) is 5.10 Å². The molecule has 114 valence electrons. The van der Waals surface area contributed by atoms with Crippen LogP contribution in [-0.2, 0) is 13.0 Å². The van der Waals surface area contributed by atoms with Crippen LogP contribution in [0.4, 0.5) is 0 Å². The van der Waals surface area contributed by atoms with Crippen LogP contribution in [0.3, 0.4) is 0 Å². The second kappa shape index (κ2) is 9.15. The molecule has 20 heavy (non-hydrogen) atoms. The summed E-state index contributed by atoms with van der Waals surface area (Å²) in [6.45, 7) is 3.28. The summed E-state index contributed by atoms with van der Waals surface area (Å²) in [5.41, 5.74) is 1.16. The molecule has 0 bridgehead atoms. The van der Waals surface area contributed by atoms with Crippen molar-refractivity contribution in [2.24, 2.45) is 5.92 Å². The third-order valence-electron chi connectivity index (χ3n) is 4.51. The first-order valence-electron chi connectivity index (χ1n) is 8.77. The molecule has 0 aromatic carbocycles. The van der Waals surface area contributed by atoms with Crippen molar-refractivity contribution in [3.63, 3.8) is 0 Å². The highest BCUT2D eigenvalue weighted by atomic mass is 15.4. The predicted octanol–water partition coefficient (Wildman–Crippen LogP) is 4.76. The first-order chi connectivity index (χ1) is 9.88. The van der Waals surface area contributed by atoms with Gasteiger partial charge >= 0.3 is 0 Å². The fourth-order valence-corrected chi connectivity index (χ4v) is 3.32. The van der Waals surface area contributed by atoms with E-state index >= 15 is 0 Å². The van der Waals surface area contributed by atoms with E-state index < -0.39 is 0 Å². The lowest BCUT2D eigenvalue weighted by Crippen LogP contribution is -2.12. The van der Waals surface area contributed by atoms with Crippen molar-refractivity contribution in [2.75, 3.05) is 0 Å². The van der Waals surface area contributed by atoms with Crippen molar-refractivity contribution in [3.8, 4) is 0 Å². The Morgan fingerprint density at radius 1 is 1.00 bits per heavy atom. The highest BCUT2D eigenvalue weighted by molar-refractivity contribution is 4.92. The van der Waals surface area contributed by atoms with E-state index in [0.717, 1.165) is 31.0 Å². The summed E-state index contributed by atoms with van der Waals surface area (Å²) in [4.78, 5) is 0. The average Bonchev–Trinajstić information content (AvgIpc) is 2.85. The van der Waals surface area contributed by atoms with E-state index in [0.29, 0.717) is 0 Å². The minimum Gasteiger partial charge on any atom is -0.252 e. The zero-order chi connectivity index (χ0) is 14.0. The third kappa shape index (κ3) is 5.64. The van der Waals surface area contributed by atoms with E-state index in [2.05, 4.69) is 28.1 Å². The van der Waals surface area contributed by atoms with Crippen molar-refractivity contribution in [1.29, 1.82) is 0 Å². The van der Waals surface area contributed by atoms with Gasteiger partial charge < -0.3 is 0 Å². The number of aryl methyl sites for hydroxylation is 1. The van der Waals surface area contributed by atoms with Gasteiger partial charge in [-0.3, -0.25) is 4.68 Å². The molecule has 1 aromatic heterocycles. The van der Waals surface area contributed by atoms with Crippen LogP contribution in [-0.4, -0.2) is 15.0 Å². The molecule has 1 aliphatic rings. The summed E-state index contributed by atoms with van der Waals surface area (Å²) in [5.74, 6) is 0.810. The lowest BCUT2D eigenvalue weighted by Gasteiger charge is -2.16. The molecule has 1 saturated carbocycles. The fourth-order valence-electron chi connectivity index (χ4n) is 3.32. The molecular weight excluding hydrogens is 246 g/mol. The second-order valence-electron chi connectivity index (χ2n) is 6.45. The van der Waals surface area contributed by atoms with Crippen molar-refractivity contribution < 1.29 is 0 Å². The molecule has 3 nitrogen and oxygen atoms in total. The number of rotatable bonds is 4. The first-order valence-corrected chi connectivity index (χ1v) is 8.77. The van der Waals surface area contributed by atoms with Gasteiger partial charge in [0.2, 0.25) is 0 Å². The van der Waals surface area contributed by atoms with Crippen LogP contribution in [0.5, 0.6) is 0 Å². The Morgan fingerprint density at radius 2 is 1.60 bits per heavy atom. The van der Waals surface area contributed by atoms with Crippen LogP contribution in [0.15, 0.2) is 6.20 Å². The van der Waals surface area contributed by atoms with Crippen LogP contribution < -0.4 is 0 Å². The van der Waals surface area contributed by atoms with Gasteiger partial charge in [-0.2, -0.15) is 0 Å². The highest BCUT2D eigenvalue weighted by Gasteiger charge is 2.12. The van der Waals surface area contributed by atoms with E-state index in [1.807, 2.05) is 0 Å². The van der Waals surface area contributed by atoms with Crippen molar-refractivity contribution in [1.82, 2.24) is 15.0 Å². The Bertz CT molecular complexity index is 347. The standard InChI is InChI=1S/C17H31N3/c1-2-11-17-15-20(19-18-17)14-16-12-9-7-5-3-4-6-8-10-13-16/h15-16H,2-14H2,1H3. The van der Waals surface area contributed by atoms with Crippen LogP contribution >= 0.6 is 0 Å². The second-order valence-corrected chi connectivity index (χ2v) is 6.45. The van der Waals surface area contributed by atoms with E-state index in [4.69, 9.17) is 0 Å². The number of hydrogen-bond donors (Lipinski definition) is 0. The molecule has 0 saturated heterocycles. The smallest absolute Gasteiger partial charge is 0.0827 e. The Kier molecular flexibility index (Phi) is 7.10. The maximum Gasteiger partial charge on any atom is 0.0827 e. The molecule has 0 unspecified atom stereocenters. The van der Waals surface area contributed by atoms with Gasteiger partial charge in [-0.25, -0.2) is 0 Å². The summed E-state index contributed by atoms with van der Waals surface area (Å²) < 4.78 is 2.09. The van der Waals surface area contributed by atoms with Crippen LogP contribution in [0.2, 0.25) is 0 Å². The van der Waals surface area contributed by atoms with Crippen molar-refractivity contribution in [2.45, 2.75) is 90.5 Å². The molecule has 0 radical (unpaired) electrons. The van der Waals surface area contributed by atoms with Gasteiger partial charge in [-0.1, -0.05) is 69.9 Å². The van der Waals surface area contributed by atoms with E-state index in [9.17, 15) is 0 Å². The Morgan fingerprint density at radius 3 is 2.20 bits per heavy atom. The zero-order valence-corrected chi connectivity index (χ0v) is 13.2. The molecule has 0 atom stereocenters.